The molecule has 3 heterocycles. The van der Waals surface area contributed by atoms with Crippen molar-refractivity contribution in [2.45, 2.75) is 36.9 Å². The van der Waals surface area contributed by atoms with Crippen LogP contribution < -0.4 is 9.50 Å². The van der Waals surface area contributed by atoms with Crippen molar-refractivity contribution in [3.8, 4) is 5.88 Å². The van der Waals surface area contributed by atoms with Crippen LogP contribution in [-0.4, -0.2) is 29.7 Å². The quantitative estimate of drug-likeness (QED) is 0.651. The summed E-state index contributed by atoms with van der Waals surface area (Å²) in [6.07, 6.45) is 2.14. The molecular formula is C10H12F3N3O3S. The predicted molar refractivity (Wildman–Crippen MR) is 61.4 cm³/mol. The van der Waals surface area contributed by atoms with Gasteiger partial charge in [-0.2, -0.15) is 26.7 Å². The molecule has 20 heavy (non-hydrogen) atoms. The van der Waals surface area contributed by atoms with Crippen LogP contribution in [0.5, 0.6) is 5.88 Å². The zero-order valence-electron chi connectivity index (χ0n) is 10.4. The molecule has 1 saturated heterocycles. The Morgan fingerprint density at radius 3 is 2.75 bits per heavy atom. The fourth-order valence-corrected chi connectivity index (χ4v) is 3.25. The molecule has 0 saturated carbocycles. The number of nitrogens with one attached hydrogen (secondary N) is 1. The smallest absolute Gasteiger partial charge is 0.355 e. The standard InChI is InChI=1S/C10H12F3N3O3S/c1-16-9(19-20(17,18)10(11,12)13)6-4-5-2-3-7(14-5)8(6)15-16/h5,7,14H,2-4H2,1H3. The minimum atomic E-state index is -5.67. The monoisotopic (exact) mass is 311 g/mol. The molecule has 3 rings (SSSR count). The van der Waals surface area contributed by atoms with Crippen LogP contribution in [0.2, 0.25) is 0 Å². The van der Waals surface area contributed by atoms with Crippen molar-refractivity contribution in [3.05, 3.63) is 11.3 Å². The average molecular weight is 311 g/mol. The molecule has 1 aromatic rings. The van der Waals surface area contributed by atoms with Crippen LogP contribution in [0.3, 0.4) is 0 Å². The molecule has 2 aliphatic heterocycles. The second kappa shape index (κ2) is 4.10. The number of hydrogen-bond donors (Lipinski definition) is 1. The van der Waals surface area contributed by atoms with Gasteiger partial charge in [0.05, 0.1) is 11.7 Å². The maximum absolute atomic E-state index is 12.4. The van der Waals surface area contributed by atoms with E-state index in [1.165, 1.54) is 7.05 Å². The summed E-state index contributed by atoms with van der Waals surface area (Å²) in [5, 5.41) is 7.37. The molecular weight excluding hydrogens is 299 g/mol. The Bertz CT molecular complexity index is 653. The van der Waals surface area contributed by atoms with Crippen LogP contribution in [0.25, 0.3) is 0 Å². The summed E-state index contributed by atoms with van der Waals surface area (Å²) in [7, 11) is -4.30. The minimum Gasteiger partial charge on any atom is -0.355 e. The van der Waals surface area contributed by atoms with Crippen LogP contribution in [0.4, 0.5) is 13.2 Å². The molecule has 2 atom stereocenters. The van der Waals surface area contributed by atoms with Crippen molar-refractivity contribution < 1.29 is 25.8 Å². The van der Waals surface area contributed by atoms with Crippen molar-refractivity contribution >= 4 is 10.1 Å². The van der Waals surface area contributed by atoms with E-state index in [0.29, 0.717) is 17.7 Å². The van der Waals surface area contributed by atoms with Crippen molar-refractivity contribution in [2.75, 3.05) is 0 Å². The van der Waals surface area contributed by atoms with E-state index in [1.54, 1.807) is 0 Å². The Balaban J connectivity index is 2.01. The largest absolute Gasteiger partial charge is 0.534 e. The van der Waals surface area contributed by atoms with Crippen LogP contribution in [-0.2, 0) is 23.6 Å². The topological polar surface area (TPSA) is 73.2 Å². The third-order valence-electron chi connectivity index (χ3n) is 3.61. The molecule has 1 fully saturated rings. The van der Waals surface area contributed by atoms with Gasteiger partial charge in [0.25, 0.3) is 0 Å². The van der Waals surface area contributed by atoms with E-state index in [4.69, 9.17) is 0 Å². The van der Waals surface area contributed by atoms with Crippen LogP contribution in [0.1, 0.15) is 30.1 Å². The number of nitrogens with zero attached hydrogens (tertiary/aromatic N) is 2. The highest BCUT2D eigenvalue weighted by atomic mass is 32.2. The van der Waals surface area contributed by atoms with Crippen molar-refractivity contribution in [1.29, 1.82) is 0 Å². The average Bonchev–Trinajstić information content (AvgIpc) is 2.84. The fraction of sp³-hybridized carbons (Fsp3) is 0.700. The summed E-state index contributed by atoms with van der Waals surface area (Å²) >= 11 is 0. The van der Waals surface area contributed by atoms with E-state index >= 15 is 0 Å². The number of aromatic nitrogens is 2. The van der Waals surface area contributed by atoms with Crippen LogP contribution in [0.15, 0.2) is 0 Å². The van der Waals surface area contributed by atoms with Gasteiger partial charge in [0.1, 0.15) is 0 Å². The van der Waals surface area contributed by atoms with Gasteiger partial charge in [0.2, 0.25) is 5.88 Å². The maximum atomic E-state index is 12.4. The zero-order chi connectivity index (χ0) is 14.7. The Hall–Kier alpha value is -1.29. The number of alkyl halides is 3. The molecule has 1 aromatic heterocycles. The van der Waals surface area contributed by atoms with Crippen LogP contribution in [0, 0.1) is 0 Å². The second-order valence-corrected chi connectivity index (χ2v) is 6.51. The number of halogens is 3. The van der Waals surface area contributed by atoms with Crippen molar-refractivity contribution in [2.24, 2.45) is 7.05 Å². The number of fused-ring (bicyclic) bond motifs is 4. The van der Waals surface area contributed by atoms with E-state index in [1.807, 2.05) is 0 Å². The lowest BCUT2D eigenvalue weighted by molar-refractivity contribution is -0.0502. The predicted octanol–water partition coefficient (Wildman–Crippen LogP) is 0.998. The van der Waals surface area contributed by atoms with Gasteiger partial charge in [0, 0.05) is 18.7 Å². The molecule has 0 radical (unpaired) electrons. The number of aryl methyl sites for hydroxylation is 1. The van der Waals surface area contributed by atoms with E-state index in [9.17, 15) is 21.6 Å². The first kappa shape index (κ1) is 13.7. The highest BCUT2D eigenvalue weighted by Gasteiger charge is 2.50. The van der Waals surface area contributed by atoms with Gasteiger partial charge in [-0.1, -0.05) is 0 Å². The van der Waals surface area contributed by atoms with E-state index in [-0.39, 0.29) is 18.0 Å². The summed E-state index contributed by atoms with van der Waals surface area (Å²) in [4.78, 5) is 0. The molecule has 10 heteroatoms. The van der Waals surface area contributed by atoms with Gasteiger partial charge in [-0.15, -0.1) is 0 Å². The molecule has 0 aliphatic carbocycles. The number of hydrogen-bond acceptors (Lipinski definition) is 5. The van der Waals surface area contributed by atoms with Gasteiger partial charge < -0.3 is 9.50 Å². The van der Waals surface area contributed by atoms with Crippen molar-refractivity contribution in [3.63, 3.8) is 0 Å². The second-order valence-electron chi connectivity index (χ2n) is 4.97. The molecule has 112 valence electrons. The first-order valence-electron chi connectivity index (χ1n) is 6.01. The van der Waals surface area contributed by atoms with Gasteiger partial charge in [0.15, 0.2) is 0 Å². The third kappa shape index (κ3) is 1.97. The van der Waals surface area contributed by atoms with E-state index in [2.05, 4.69) is 14.6 Å². The SMILES string of the molecule is Cn1nc2c(c1OS(=O)(=O)C(F)(F)F)CC1CCC2N1. The molecule has 0 spiro atoms. The normalized spacial score (nSPS) is 25.6. The summed E-state index contributed by atoms with van der Waals surface area (Å²) in [5.74, 6) is -0.337. The Morgan fingerprint density at radius 1 is 1.40 bits per heavy atom. The minimum absolute atomic E-state index is 0.0408. The summed E-state index contributed by atoms with van der Waals surface area (Å²) in [5.41, 5.74) is -4.42. The molecule has 2 unspecified atom stereocenters. The molecule has 1 N–H and O–H groups in total. The number of rotatable bonds is 2. The molecule has 2 aliphatic rings. The molecule has 2 bridgehead atoms. The highest BCUT2D eigenvalue weighted by Crippen LogP contribution is 2.40. The lowest BCUT2D eigenvalue weighted by atomic mass is 10.0. The third-order valence-corrected chi connectivity index (χ3v) is 4.56. The zero-order valence-corrected chi connectivity index (χ0v) is 11.3. The molecule has 0 aromatic carbocycles. The Kier molecular flexibility index (Phi) is 2.81. The fourth-order valence-electron chi connectivity index (χ4n) is 2.74. The summed E-state index contributed by atoms with van der Waals surface area (Å²) in [6, 6.07) is 0.0912. The Labute approximate surface area is 113 Å². The van der Waals surface area contributed by atoms with Gasteiger partial charge in [-0.3, -0.25) is 0 Å². The maximum Gasteiger partial charge on any atom is 0.534 e. The summed E-state index contributed by atoms with van der Waals surface area (Å²) in [6.45, 7) is 0. The van der Waals surface area contributed by atoms with Crippen molar-refractivity contribution in [1.82, 2.24) is 15.1 Å². The lowest BCUT2D eigenvalue weighted by Crippen LogP contribution is -2.32. The Morgan fingerprint density at radius 2 is 2.10 bits per heavy atom. The first-order valence-corrected chi connectivity index (χ1v) is 7.42. The van der Waals surface area contributed by atoms with Crippen LogP contribution >= 0.6 is 0 Å². The van der Waals surface area contributed by atoms with Gasteiger partial charge >= 0.3 is 15.6 Å². The lowest BCUT2D eigenvalue weighted by Gasteiger charge is -2.20. The molecule has 6 nitrogen and oxygen atoms in total. The van der Waals surface area contributed by atoms with E-state index in [0.717, 1.165) is 17.5 Å². The first-order chi connectivity index (χ1) is 9.19. The van der Waals surface area contributed by atoms with E-state index < -0.39 is 15.6 Å². The summed E-state index contributed by atoms with van der Waals surface area (Å²) < 4.78 is 64.8. The van der Waals surface area contributed by atoms with Gasteiger partial charge in [-0.25, -0.2) is 4.68 Å². The van der Waals surface area contributed by atoms with Gasteiger partial charge in [-0.05, 0) is 19.3 Å². The molecule has 0 amide bonds. The highest BCUT2D eigenvalue weighted by molar-refractivity contribution is 7.87.